The lowest BCUT2D eigenvalue weighted by molar-refractivity contribution is 0.628. The minimum Gasteiger partial charge on any atom is -0.340 e. The highest BCUT2D eigenvalue weighted by Crippen LogP contribution is 2.29. The van der Waals surface area contributed by atoms with Gasteiger partial charge < -0.3 is 10.6 Å². The summed E-state index contributed by atoms with van der Waals surface area (Å²) < 4.78 is 13.6. The topological polar surface area (TPSA) is 62.7 Å². The van der Waals surface area contributed by atoms with Crippen LogP contribution in [0, 0.1) is 5.82 Å². The third-order valence-electron chi connectivity index (χ3n) is 4.75. The zero-order chi connectivity index (χ0) is 20.9. The smallest absolute Gasteiger partial charge is 0.163 e. The molecule has 2 aromatic heterocycles. The Bertz CT molecular complexity index is 1170. The molecule has 0 unspecified atom stereocenters. The monoisotopic (exact) mass is 421 g/mol. The van der Waals surface area contributed by atoms with Crippen LogP contribution in [0.15, 0.2) is 60.9 Å². The summed E-state index contributed by atoms with van der Waals surface area (Å²) in [7, 11) is 1.95. The maximum atomic E-state index is 13.6. The van der Waals surface area contributed by atoms with Gasteiger partial charge in [0, 0.05) is 29.0 Å². The number of nitrogens with zero attached hydrogens (tertiary/aromatic N) is 3. The van der Waals surface area contributed by atoms with Gasteiger partial charge in [0.1, 0.15) is 11.6 Å². The van der Waals surface area contributed by atoms with Gasteiger partial charge >= 0.3 is 0 Å². The minimum absolute atomic E-state index is 0.0543. The van der Waals surface area contributed by atoms with Gasteiger partial charge in [-0.15, -0.1) is 0 Å². The van der Waals surface area contributed by atoms with E-state index in [1.165, 1.54) is 11.6 Å². The number of aryl methyl sites for hydroxylation is 1. The summed E-state index contributed by atoms with van der Waals surface area (Å²) in [6.07, 6.45) is 5.42. The van der Waals surface area contributed by atoms with E-state index in [-0.39, 0.29) is 5.02 Å². The highest BCUT2D eigenvalue weighted by molar-refractivity contribution is 6.31. The lowest BCUT2D eigenvalue weighted by atomic mass is 10.1. The van der Waals surface area contributed by atoms with E-state index in [0.29, 0.717) is 17.3 Å². The number of pyridine rings is 1. The van der Waals surface area contributed by atoms with Crippen molar-refractivity contribution in [3.63, 3.8) is 0 Å². The highest BCUT2D eigenvalue weighted by Gasteiger charge is 2.12. The van der Waals surface area contributed by atoms with Gasteiger partial charge in [-0.1, -0.05) is 17.7 Å². The molecule has 2 N–H and O–H groups in total. The molecule has 0 saturated carbocycles. The van der Waals surface area contributed by atoms with Crippen LogP contribution in [-0.4, -0.2) is 28.5 Å². The van der Waals surface area contributed by atoms with Crippen molar-refractivity contribution < 1.29 is 4.39 Å². The lowest BCUT2D eigenvalue weighted by Gasteiger charge is -2.13. The van der Waals surface area contributed by atoms with E-state index in [1.54, 1.807) is 24.5 Å². The van der Waals surface area contributed by atoms with Crippen LogP contribution < -0.4 is 10.6 Å². The largest absolute Gasteiger partial charge is 0.340 e. The van der Waals surface area contributed by atoms with Gasteiger partial charge in [-0.05, 0) is 74.5 Å². The summed E-state index contributed by atoms with van der Waals surface area (Å²) in [6, 6.07) is 14.5. The quantitative estimate of drug-likeness (QED) is 0.392. The molecular weight excluding hydrogens is 401 g/mol. The summed E-state index contributed by atoms with van der Waals surface area (Å²) >= 11 is 5.96. The maximum absolute atomic E-state index is 13.6. The molecule has 0 spiro atoms. The second-order valence-corrected chi connectivity index (χ2v) is 7.36. The Labute approximate surface area is 179 Å². The fraction of sp³-hybridized carbons (Fsp3) is 0.174. The second-order valence-electron chi connectivity index (χ2n) is 6.95. The van der Waals surface area contributed by atoms with E-state index >= 15 is 0 Å². The summed E-state index contributed by atoms with van der Waals surface area (Å²) in [5, 5.41) is 7.40. The molecule has 5 nitrogen and oxygen atoms in total. The van der Waals surface area contributed by atoms with E-state index in [0.717, 1.165) is 35.9 Å². The molecule has 2 aromatic carbocycles. The van der Waals surface area contributed by atoms with Gasteiger partial charge in [0.2, 0.25) is 0 Å². The molecule has 0 fully saturated rings. The average molecular weight is 422 g/mol. The van der Waals surface area contributed by atoms with Crippen LogP contribution in [0.3, 0.4) is 0 Å². The van der Waals surface area contributed by atoms with Crippen molar-refractivity contribution in [3.8, 4) is 11.4 Å². The van der Waals surface area contributed by atoms with Crippen molar-refractivity contribution in [1.82, 2.24) is 20.3 Å². The van der Waals surface area contributed by atoms with Gasteiger partial charge in [-0.2, -0.15) is 0 Å². The van der Waals surface area contributed by atoms with Crippen molar-refractivity contribution in [1.29, 1.82) is 0 Å². The third-order valence-corrected chi connectivity index (χ3v) is 5.04. The molecule has 30 heavy (non-hydrogen) atoms. The number of nitrogens with one attached hydrogen (secondary N) is 2. The Balaban J connectivity index is 1.79. The fourth-order valence-corrected chi connectivity index (χ4v) is 3.41. The molecule has 4 rings (SSSR count). The summed E-state index contributed by atoms with van der Waals surface area (Å²) in [6.45, 7) is 0.952. The predicted molar refractivity (Wildman–Crippen MR) is 120 cm³/mol. The highest BCUT2D eigenvalue weighted by atomic mass is 35.5. The molecule has 152 valence electrons. The van der Waals surface area contributed by atoms with Gasteiger partial charge in [-0.3, -0.25) is 4.98 Å². The molecule has 0 atom stereocenters. The number of aromatic nitrogens is 3. The number of halogens is 2. The molecule has 0 aliphatic heterocycles. The average Bonchev–Trinajstić information content (AvgIpc) is 2.77. The number of rotatable bonds is 7. The van der Waals surface area contributed by atoms with Crippen LogP contribution in [0.2, 0.25) is 5.02 Å². The van der Waals surface area contributed by atoms with Gasteiger partial charge in [0.05, 0.1) is 10.5 Å². The Morgan fingerprint density at radius 2 is 1.97 bits per heavy atom. The van der Waals surface area contributed by atoms with E-state index in [9.17, 15) is 4.39 Å². The van der Waals surface area contributed by atoms with Crippen LogP contribution in [0.25, 0.3) is 22.3 Å². The number of fused-ring (bicyclic) bond motifs is 1. The van der Waals surface area contributed by atoms with Crippen molar-refractivity contribution in [2.45, 2.75) is 12.8 Å². The molecule has 0 radical (unpaired) electrons. The zero-order valence-electron chi connectivity index (χ0n) is 16.5. The Morgan fingerprint density at radius 3 is 2.73 bits per heavy atom. The Kier molecular flexibility index (Phi) is 6.16. The van der Waals surface area contributed by atoms with E-state index in [4.69, 9.17) is 21.6 Å². The molecule has 0 aliphatic rings. The van der Waals surface area contributed by atoms with Crippen molar-refractivity contribution >= 4 is 34.0 Å². The van der Waals surface area contributed by atoms with Crippen LogP contribution in [-0.2, 0) is 6.42 Å². The summed E-state index contributed by atoms with van der Waals surface area (Å²) in [5.41, 5.74) is 3.49. The first-order valence-electron chi connectivity index (χ1n) is 9.72. The summed E-state index contributed by atoms with van der Waals surface area (Å²) in [4.78, 5) is 13.6. The van der Waals surface area contributed by atoms with Crippen molar-refractivity contribution in [2.75, 3.05) is 18.9 Å². The van der Waals surface area contributed by atoms with Crippen molar-refractivity contribution in [2.24, 2.45) is 0 Å². The maximum Gasteiger partial charge on any atom is 0.163 e. The molecule has 4 aromatic rings. The predicted octanol–water partition coefficient (Wildman–Crippen LogP) is 5.38. The number of hydrogen-bond acceptors (Lipinski definition) is 5. The third kappa shape index (κ3) is 4.56. The first-order valence-corrected chi connectivity index (χ1v) is 10.1. The SMILES string of the molecule is CNCCCc1ccc2nc(-c3cccnc3)nc(Nc3ccc(F)c(Cl)c3)c2c1. The number of anilines is 2. The normalized spacial score (nSPS) is 11.0. The van der Waals surface area contributed by atoms with E-state index in [1.807, 2.05) is 25.2 Å². The van der Waals surface area contributed by atoms with Gasteiger partial charge in [-0.25, -0.2) is 14.4 Å². The van der Waals surface area contributed by atoms with Crippen LogP contribution in [0.4, 0.5) is 15.9 Å². The molecule has 2 heterocycles. The standard InChI is InChI=1S/C23H21ClFN5/c1-26-10-2-4-15-6-9-21-18(12-15)23(28-17-7-8-20(25)19(24)13-17)30-22(29-21)16-5-3-11-27-14-16/h3,5-9,11-14,26H,2,4,10H2,1H3,(H,28,29,30). The molecule has 0 aliphatic carbocycles. The fourth-order valence-electron chi connectivity index (χ4n) is 3.23. The van der Waals surface area contributed by atoms with Crippen LogP contribution in [0.5, 0.6) is 0 Å². The van der Waals surface area contributed by atoms with Gasteiger partial charge in [0.25, 0.3) is 0 Å². The molecular formula is C23H21ClFN5. The molecule has 0 bridgehead atoms. The number of hydrogen-bond donors (Lipinski definition) is 2. The van der Waals surface area contributed by atoms with Crippen LogP contribution >= 0.6 is 11.6 Å². The summed E-state index contributed by atoms with van der Waals surface area (Å²) in [5.74, 6) is 0.740. The van der Waals surface area contributed by atoms with Crippen LogP contribution in [0.1, 0.15) is 12.0 Å². The zero-order valence-corrected chi connectivity index (χ0v) is 17.2. The lowest BCUT2D eigenvalue weighted by Crippen LogP contribution is -2.08. The minimum atomic E-state index is -0.461. The molecule has 7 heteroatoms. The Hall–Kier alpha value is -3.09. The molecule has 0 amide bonds. The first kappa shape index (κ1) is 20.2. The second kappa shape index (κ2) is 9.15. The van der Waals surface area contributed by atoms with Gasteiger partial charge in [0.15, 0.2) is 5.82 Å². The Morgan fingerprint density at radius 1 is 1.07 bits per heavy atom. The van der Waals surface area contributed by atoms with Crippen molar-refractivity contribution in [3.05, 3.63) is 77.3 Å². The van der Waals surface area contributed by atoms with E-state index in [2.05, 4.69) is 27.8 Å². The number of benzene rings is 2. The molecule has 0 saturated heterocycles. The first-order chi connectivity index (χ1) is 14.6. The van der Waals surface area contributed by atoms with E-state index < -0.39 is 5.82 Å².